The van der Waals surface area contributed by atoms with Crippen LogP contribution < -0.4 is 4.74 Å². The van der Waals surface area contributed by atoms with Crippen molar-refractivity contribution >= 4 is 11.9 Å². The summed E-state index contributed by atoms with van der Waals surface area (Å²) in [7, 11) is 0. The monoisotopic (exact) mass is 528 g/mol. The Bertz CT molecular complexity index is 1330. The second-order valence-electron chi connectivity index (χ2n) is 11.9. The van der Waals surface area contributed by atoms with Crippen LogP contribution in [0.5, 0.6) is 5.75 Å². The highest BCUT2D eigenvalue weighted by atomic mass is 16.5. The summed E-state index contributed by atoms with van der Waals surface area (Å²) in [6.07, 6.45) is 4.91. The number of aromatic carboxylic acids is 1. The summed E-state index contributed by atoms with van der Waals surface area (Å²) in [6.45, 7) is 11.8. The third-order valence-electron chi connectivity index (χ3n) is 7.96. The minimum absolute atomic E-state index is 0.0914. The van der Waals surface area contributed by atoms with Crippen LogP contribution in [0.4, 0.5) is 0 Å². The van der Waals surface area contributed by atoms with Crippen molar-refractivity contribution in [3.8, 4) is 28.0 Å². The van der Waals surface area contributed by atoms with Crippen molar-refractivity contribution in [3.05, 3.63) is 77.4 Å². The maximum absolute atomic E-state index is 11.3. The van der Waals surface area contributed by atoms with E-state index in [9.17, 15) is 14.7 Å². The predicted molar refractivity (Wildman–Crippen MR) is 156 cm³/mol. The third-order valence-corrected chi connectivity index (χ3v) is 7.96. The number of carbonyl (C=O) groups is 2. The van der Waals surface area contributed by atoms with Crippen molar-refractivity contribution in [3.63, 3.8) is 0 Å². The van der Waals surface area contributed by atoms with Crippen molar-refractivity contribution in [1.29, 1.82) is 0 Å². The number of fused-ring (bicyclic) bond motifs is 1. The lowest BCUT2D eigenvalue weighted by Gasteiger charge is -2.42. The van der Waals surface area contributed by atoms with Crippen LogP contribution in [0.1, 0.15) is 88.2 Å². The molecule has 0 radical (unpaired) electrons. The van der Waals surface area contributed by atoms with Crippen molar-refractivity contribution in [2.24, 2.45) is 0 Å². The van der Waals surface area contributed by atoms with Gasteiger partial charge in [0.15, 0.2) is 0 Å². The topological polar surface area (TPSA) is 72.8 Å². The van der Waals surface area contributed by atoms with Gasteiger partial charge in [-0.3, -0.25) is 4.79 Å². The summed E-state index contributed by atoms with van der Waals surface area (Å²) < 4.78 is 11.3. The summed E-state index contributed by atoms with van der Waals surface area (Å²) in [5.41, 5.74) is 7.42. The lowest BCUT2D eigenvalue weighted by Crippen LogP contribution is -2.33. The van der Waals surface area contributed by atoms with Gasteiger partial charge < -0.3 is 14.6 Å². The molecule has 3 aromatic rings. The van der Waals surface area contributed by atoms with Crippen LogP contribution >= 0.6 is 0 Å². The molecule has 0 aliphatic heterocycles. The second kappa shape index (κ2) is 11.6. The number of esters is 1. The number of hydrogen-bond donors (Lipinski definition) is 1. The Balaban J connectivity index is 1.66. The van der Waals surface area contributed by atoms with Gasteiger partial charge in [0.1, 0.15) is 5.75 Å². The maximum atomic E-state index is 11.3. The summed E-state index contributed by atoms with van der Waals surface area (Å²) in [6, 6.07) is 20.0. The van der Waals surface area contributed by atoms with E-state index in [0.29, 0.717) is 13.2 Å². The van der Waals surface area contributed by atoms with E-state index in [1.165, 1.54) is 24.5 Å². The molecule has 1 aliphatic carbocycles. The molecule has 5 nitrogen and oxygen atoms in total. The zero-order valence-electron chi connectivity index (χ0n) is 23.8. The van der Waals surface area contributed by atoms with E-state index in [1.54, 1.807) is 12.1 Å². The minimum atomic E-state index is -0.932. The Labute approximate surface area is 232 Å². The Hall–Kier alpha value is -3.60. The third kappa shape index (κ3) is 6.70. The molecule has 5 heteroatoms. The van der Waals surface area contributed by atoms with Crippen molar-refractivity contribution in [1.82, 2.24) is 0 Å². The molecule has 0 amide bonds. The molecular weight excluding hydrogens is 488 g/mol. The van der Waals surface area contributed by atoms with Crippen LogP contribution in [0.3, 0.4) is 0 Å². The average Bonchev–Trinajstić information content (AvgIpc) is 2.90. The highest BCUT2D eigenvalue weighted by Gasteiger charge is 2.37. The lowest BCUT2D eigenvalue weighted by molar-refractivity contribution is -0.141. The molecule has 1 N–H and O–H groups in total. The summed E-state index contributed by atoms with van der Waals surface area (Å²) in [4.78, 5) is 22.3. The Kier molecular flexibility index (Phi) is 8.48. The zero-order valence-corrected chi connectivity index (χ0v) is 23.8. The molecule has 206 valence electrons. The van der Waals surface area contributed by atoms with Crippen LogP contribution in [0.15, 0.2) is 60.7 Å². The number of carbonyl (C=O) groups excluding carboxylic acids is 1. The molecule has 3 aromatic carbocycles. The molecule has 0 spiro atoms. The summed E-state index contributed by atoms with van der Waals surface area (Å²) in [5, 5.41) is 9.29. The Morgan fingerprint density at radius 3 is 2.03 bits per heavy atom. The average molecular weight is 529 g/mol. The molecule has 4 rings (SSSR count). The lowest BCUT2D eigenvalue weighted by atomic mass is 9.63. The highest BCUT2D eigenvalue weighted by molar-refractivity contribution is 5.88. The predicted octanol–water partition coefficient (Wildman–Crippen LogP) is 8.18. The Morgan fingerprint density at radius 2 is 1.36 bits per heavy atom. The van der Waals surface area contributed by atoms with E-state index in [2.05, 4.69) is 52.0 Å². The number of benzene rings is 3. The van der Waals surface area contributed by atoms with Crippen LogP contribution in [0.2, 0.25) is 0 Å². The van der Waals surface area contributed by atoms with Gasteiger partial charge in [-0.05, 0) is 95.0 Å². The van der Waals surface area contributed by atoms with E-state index >= 15 is 0 Å². The van der Waals surface area contributed by atoms with Crippen LogP contribution in [0, 0.1) is 0 Å². The van der Waals surface area contributed by atoms with Gasteiger partial charge >= 0.3 is 11.9 Å². The first kappa shape index (κ1) is 28.4. The first-order chi connectivity index (χ1) is 18.5. The van der Waals surface area contributed by atoms with E-state index < -0.39 is 5.97 Å². The maximum Gasteiger partial charge on any atom is 0.335 e. The molecular formula is C34H40O5. The molecule has 0 bridgehead atoms. The number of hydrogen-bond acceptors (Lipinski definition) is 4. The standard InChI is InChI=1S/C34H40O5/c1-23(35)38-19-7-6-8-20-39-31-16-14-26(24-9-11-25(12-10-24)32(36)37)21-28(31)27-13-15-29-30(22-27)34(4,5)18-17-33(29,2)3/h9-16,21-22H,6-8,17-20H2,1-5H3,(H,36,37). The van der Waals surface area contributed by atoms with Gasteiger partial charge in [-0.15, -0.1) is 0 Å². The van der Waals surface area contributed by atoms with Crippen LogP contribution in [-0.2, 0) is 20.4 Å². The van der Waals surface area contributed by atoms with Crippen LogP contribution in [-0.4, -0.2) is 30.3 Å². The fourth-order valence-corrected chi connectivity index (χ4v) is 5.40. The van der Waals surface area contributed by atoms with Gasteiger partial charge in [-0.25, -0.2) is 4.79 Å². The van der Waals surface area contributed by atoms with Gasteiger partial charge in [-0.2, -0.15) is 0 Å². The van der Waals surface area contributed by atoms with E-state index in [-0.39, 0.29) is 22.4 Å². The molecule has 0 heterocycles. The number of ether oxygens (including phenoxy) is 2. The van der Waals surface area contributed by atoms with Gasteiger partial charge in [0.2, 0.25) is 0 Å². The van der Waals surface area contributed by atoms with E-state index in [4.69, 9.17) is 9.47 Å². The molecule has 0 unspecified atom stereocenters. The SMILES string of the molecule is CC(=O)OCCCCCOc1ccc(-c2ccc(C(=O)O)cc2)cc1-c1ccc2c(c1)C(C)(C)CCC2(C)C. The first-order valence-electron chi connectivity index (χ1n) is 13.9. The number of unbranched alkanes of at least 4 members (excludes halogenated alkanes) is 2. The highest BCUT2D eigenvalue weighted by Crippen LogP contribution is 2.47. The number of rotatable bonds is 10. The van der Waals surface area contributed by atoms with Gasteiger partial charge in [0.25, 0.3) is 0 Å². The summed E-state index contributed by atoms with van der Waals surface area (Å²) in [5.74, 6) is -0.350. The van der Waals surface area contributed by atoms with Gasteiger partial charge in [0.05, 0.1) is 18.8 Å². The molecule has 0 saturated heterocycles. The zero-order chi connectivity index (χ0) is 28.2. The first-order valence-corrected chi connectivity index (χ1v) is 13.9. The fraction of sp³-hybridized carbons (Fsp3) is 0.412. The van der Waals surface area contributed by atoms with Crippen molar-refractivity contribution < 1.29 is 24.2 Å². The van der Waals surface area contributed by atoms with Crippen molar-refractivity contribution in [2.75, 3.05) is 13.2 Å². The number of carboxylic acid groups (broad SMARTS) is 1. The number of carboxylic acids is 1. The Morgan fingerprint density at radius 1 is 0.744 bits per heavy atom. The van der Waals surface area contributed by atoms with Gasteiger partial charge in [-0.1, -0.05) is 64.1 Å². The minimum Gasteiger partial charge on any atom is -0.493 e. The molecule has 0 aromatic heterocycles. The molecule has 1 aliphatic rings. The van der Waals surface area contributed by atoms with E-state index in [1.807, 2.05) is 24.3 Å². The smallest absolute Gasteiger partial charge is 0.335 e. The van der Waals surface area contributed by atoms with Crippen molar-refractivity contribution in [2.45, 2.75) is 77.6 Å². The van der Waals surface area contributed by atoms with E-state index in [0.717, 1.165) is 53.7 Å². The van der Waals surface area contributed by atoms with Crippen LogP contribution in [0.25, 0.3) is 22.3 Å². The second-order valence-corrected chi connectivity index (χ2v) is 11.9. The normalized spacial score (nSPS) is 15.3. The van der Waals surface area contributed by atoms with Gasteiger partial charge in [0, 0.05) is 12.5 Å². The molecule has 0 atom stereocenters. The molecule has 0 saturated carbocycles. The molecule has 0 fully saturated rings. The summed E-state index contributed by atoms with van der Waals surface area (Å²) >= 11 is 0. The fourth-order valence-electron chi connectivity index (χ4n) is 5.40. The molecule has 39 heavy (non-hydrogen) atoms. The largest absolute Gasteiger partial charge is 0.493 e. The quantitative estimate of drug-likeness (QED) is 0.212.